The minimum absolute atomic E-state index is 0.101. The van der Waals surface area contributed by atoms with E-state index in [2.05, 4.69) is 10.3 Å². The molecule has 0 radical (unpaired) electrons. The Hall–Kier alpha value is -2.18. The van der Waals surface area contributed by atoms with Gasteiger partial charge in [0.1, 0.15) is 11.5 Å². The third-order valence-electron chi connectivity index (χ3n) is 2.73. The second-order valence-corrected chi connectivity index (χ2v) is 4.08. The SMILES string of the molecule is CC(Nc1c(F)c(F)nc(F)c1F)c1ccccc1F. The molecule has 0 aliphatic carbocycles. The summed E-state index contributed by atoms with van der Waals surface area (Å²) < 4.78 is 66.2. The number of aromatic nitrogens is 1. The van der Waals surface area contributed by atoms with Crippen molar-refractivity contribution in [3.05, 3.63) is 59.2 Å². The lowest BCUT2D eigenvalue weighted by molar-refractivity contribution is 0.409. The number of nitrogens with zero attached hydrogens (tertiary/aromatic N) is 1. The van der Waals surface area contributed by atoms with Gasteiger partial charge in [-0.25, -0.2) is 4.39 Å². The molecule has 7 heteroatoms. The monoisotopic (exact) mass is 288 g/mol. The molecule has 1 heterocycles. The van der Waals surface area contributed by atoms with Gasteiger partial charge in [-0.1, -0.05) is 18.2 Å². The second-order valence-electron chi connectivity index (χ2n) is 4.08. The highest BCUT2D eigenvalue weighted by atomic mass is 19.2. The normalized spacial score (nSPS) is 12.3. The summed E-state index contributed by atoms with van der Waals surface area (Å²) in [5.74, 6) is -7.47. The van der Waals surface area contributed by atoms with E-state index in [4.69, 9.17) is 0 Å². The number of pyridine rings is 1. The van der Waals surface area contributed by atoms with Crippen molar-refractivity contribution >= 4 is 5.69 Å². The largest absolute Gasteiger partial charge is 0.373 e. The van der Waals surface area contributed by atoms with Crippen LogP contribution in [0, 0.1) is 29.3 Å². The standard InChI is InChI=1S/C13H9F5N2/c1-6(7-4-2-3-5-8(7)14)19-11-9(15)12(17)20-13(18)10(11)16/h2-6H,1H3,(H,19,20). The van der Waals surface area contributed by atoms with E-state index in [1.54, 1.807) is 0 Å². The van der Waals surface area contributed by atoms with Crippen LogP contribution in [0.5, 0.6) is 0 Å². The van der Waals surface area contributed by atoms with Crippen molar-refractivity contribution in [1.82, 2.24) is 4.98 Å². The van der Waals surface area contributed by atoms with Gasteiger partial charge in [0.25, 0.3) is 11.9 Å². The smallest absolute Gasteiger partial charge is 0.253 e. The highest BCUT2D eigenvalue weighted by Gasteiger charge is 2.22. The Kier molecular flexibility index (Phi) is 3.87. The number of hydrogen-bond donors (Lipinski definition) is 1. The molecule has 2 aromatic rings. The summed E-state index contributed by atoms with van der Waals surface area (Å²) in [6.45, 7) is 1.40. The van der Waals surface area contributed by atoms with Crippen LogP contribution < -0.4 is 5.32 Å². The Labute approximate surface area is 111 Å². The molecular formula is C13H9F5N2. The summed E-state index contributed by atoms with van der Waals surface area (Å²) in [7, 11) is 0. The molecule has 0 saturated carbocycles. The summed E-state index contributed by atoms with van der Waals surface area (Å²) >= 11 is 0. The van der Waals surface area contributed by atoms with Gasteiger partial charge in [0, 0.05) is 5.56 Å². The molecule has 1 unspecified atom stereocenters. The molecule has 20 heavy (non-hydrogen) atoms. The summed E-state index contributed by atoms with van der Waals surface area (Å²) in [5, 5.41) is 2.21. The molecule has 0 fully saturated rings. The molecule has 1 aromatic heterocycles. The summed E-state index contributed by atoms with van der Waals surface area (Å²) in [4.78, 5) is 2.43. The molecule has 0 spiro atoms. The van der Waals surface area contributed by atoms with Crippen LogP contribution in [0.3, 0.4) is 0 Å². The van der Waals surface area contributed by atoms with Crippen LogP contribution in [0.15, 0.2) is 24.3 Å². The maximum atomic E-state index is 13.5. The Morgan fingerprint density at radius 3 is 2.05 bits per heavy atom. The summed E-state index contributed by atoms with van der Waals surface area (Å²) in [5.41, 5.74) is -0.922. The first kappa shape index (κ1) is 14.2. The number of halogens is 5. The van der Waals surface area contributed by atoms with Crippen LogP contribution in [-0.2, 0) is 0 Å². The van der Waals surface area contributed by atoms with Gasteiger partial charge in [0.15, 0.2) is 0 Å². The minimum Gasteiger partial charge on any atom is -0.373 e. The zero-order valence-electron chi connectivity index (χ0n) is 10.2. The van der Waals surface area contributed by atoms with Crippen LogP contribution in [0.4, 0.5) is 27.6 Å². The zero-order valence-corrected chi connectivity index (χ0v) is 10.2. The predicted molar refractivity (Wildman–Crippen MR) is 62.5 cm³/mol. The molecule has 0 amide bonds. The van der Waals surface area contributed by atoms with Crippen molar-refractivity contribution in [3.8, 4) is 0 Å². The Bertz CT molecular complexity index is 619. The Balaban J connectivity index is 2.38. The number of nitrogens with one attached hydrogen (secondary N) is 1. The summed E-state index contributed by atoms with van der Waals surface area (Å²) in [6.07, 6.45) is 0. The van der Waals surface area contributed by atoms with Crippen molar-refractivity contribution in [3.63, 3.8) is 0 Å². The highest BCUT2D eigenvalue weighted by Crippen LogP contribution is 2.27. The number of benzene rings is 1. The van der Waals surface area contributed by atoms with Crippen molar-refractivity contribution in [2.45, 2.75) is 13.0 Å². The molecule has 1 atom stereocenters. The van der Waals surface area contributed by atoms with Crippen LogP contribution in [0.1, 0.15) is 18.5 Å². The number of anilines is 1. The minimum atomic E-state index is -1.77. The van der Waals surface area contributed by atoms with E-state index in [1.807, 2.05) is 0 Å². The first-order valence-electron chi connectivity index (χ1n) is 5.62. The molecule has 0 saturated heterocycles. The van der Waals surface area contributed by atoms with Gasteiger partial charge in [-0.2, -0.15) is 22.5 Å². The molecular weight excluding hydrogens is 279 g/mol. The molecule has 1 N–H and O–H groups in total. The van der Waals surface area contributed by atoms with Crippen molar-refractivity contribution < 1.29 is 22.0 Å². The van der Waals surface area contributed by atoms with E-state index < -0.39 is 41.1 Å². The predicted octanol–water partition coefficient (Wildman–Crippen LogP) is 3.95. The van der Waals surface area contributed by atoms with Crippen LogP contribution >= 0.6 is 0 Å². The fraction of sp³-hybridized carbons (Fsp3) is 0.154. The van der Waals surface area contributed by atoms with E-state index in [0.717, 1.165) is 6.07 Å². The van der Waals surface area contributed by atoms with E-state index in [1.165, 1.54) is 25.1 Å². The van der Waals surface area contributed by atoms with Crippen LogP contribution in [0.25, 0.3) is 0 Å². The van der Waals surface area contributed by atoms with Gasteiger partial charge in [0.05, 0.1) is 6.04 Å². The summed E-state index contributed by atoms with van der Waals surface area (Å²) in [6, 6.07) is 4.61. The van der Waals surface area contributed by atoms with Crippen molar-refractivity contribution in [2.75, 3.05) is 5.32 Å². The highest BCUT2D eigenvalue weighted by molar-refractivity contribution is 5.47. The van der Waals surface area contributed by atoms with Crippen molar-refractivity contribution in [2.24, 2.45) is 0 Å². The topological polar surface area (TPSA) is 24.9 Å². The molecule has 0 aliphatic rings. The molecule has 1 aromatic carbocycles. The Morgan fingerprint density at radius 2 is 1.50 bits per heavy atom. The van der Waals surface area contributed by atoms with Gasteiger partial charge in [-0.05, 0) is 13.0 Å². The first-order valence-corrected chi connectivity index (χ1v) is 5.62. The average Bonchev–Trinajstić information content (AvgIpc) is 2.41. The quantitative estimate of drug-likeness (QED) is 0.683. The molecule has 2 rings (SSSR count). The lowest BCUT2D eigenvalue weighted by atomic mass is 10.1. The zero-order chi connectivity index (χ0) is 14.9. The van der Waals surface area contributed by atoms with Crippen LogP contribution in [0.2, 0.25) is 0 Å². The van der Waals surface area contributed by atoms with E-state index in [0.29, 0.717) is 0 Å². The first-order chi connectivity index (χ1) is 9.41. The van der Waals surface area contributed by atoms with Gasteiger partial charge in [-0.3, -0.25) is 0 Å². The maximum absolute atomic E-state index is 13.5. The van der Waals surface area contributed by atoms with Gasteiger partial charge in [-0.15, -0.1) is 0 Å². The lowest BCUT2D eigenvalue weighted by Gasteiger charge is -2.17. The van der Waals surface area contributed by atoms with E-state index in [-0.39, 0.29) is 5.56 Å². The molecule has 0 bridgehead atoms. The average molecular weight is 288 g/mol. The van der Waals surface area contributed by atoms with Crippen LogP contribution in [-0.4, -0.2) is 4.98 Å². The molecule has 0 aliphatic heterocycles. The maximum Gasteiger partial charge on any atom is 0.253 e. The number of rotatable bonds is 3. The van der Waals surface area contributed by atoms with Crippen molar-refractivity contribution in [1.29, 1.82) is 0 Å². The Morgan fingerprint density at radius 1 is 0.950 bits per heavy atom. The van der Waals surface area contributed by atoms with Gasteiger partial charge < -0.3 is 5.32 Å². The van der Waals surface area contributed by atoms with E-state index in [9.17, 15) is 22.0 Å². The fourth-order valence-electron chi connectivity index (χ4n) is 1.73. The molecule has 106 valence electrons. The molecule has 2 nitrogen and oxygen atoms in total. The fourth-order valence-corrected chi connectivity index (χ4v) is 1.73. The van der Waals surface area contributed by atoms with Gasteiger partial charge >= 0.3 is 0 Å². The second kappa shape index (κ2) is 5.44. The third kappa shape index (κ3) is 2.56. The van der Waals surface area contributed by atoms with Gasteiger partial charge in [0.2, 0.25) is 11.6 Å². The number of hydrogen-bond acceptors (Lipinski definition) is 2. The van der Waals surface area contributed by atoms with E-state index >= 15 is 0 Å². The lowest BCUT2D eigenvalue weighted by Crippen LogP contribution is -2.14. The third-order valence-corrected chi connectivity index (χ3v) is 2.73.